The van der Waals surface area contributed by atoms with Crippen LogP contribution in [0.1, 0.15) is 41.6 Å². The number of rotatable bonds is 8. The summed E-state index contributed by atoms with van der Waals surface area (Å²) in [5, 5.41) is 18.4. The number of amides is 2. The number of carbonyl (C=O) groups excluding carboxylic acids is 1. The molecule has 2 rings (SSSR count). The lowest BCUT2D eigenvalue weighted by Crippen LogP contribution is -2.51. The van der Waals surface area contributed by atoms with Gasteiger partial charge in [0.2, 0.25) is 0 Å². The van der Waals surface area contributed by atoms with Crippen molar-refractivity contribution in [3.63, 3.8) is 0 Å². The minimum Gasteiger partial charge on any atom is -0.465 e. The highest BCUT2D eigenvalue weighted by Gasteiger charge is 2.30. The average Bonchev–Trinajstić information content (AvgIpc) is 2.64. The van der Waals surface area contributed by atoms with E-state index in [4.69, 9.17) is 5.11 Å². The van der Waals surface area contributed by atoms with Crippen LogP contribution in [0.25, 0.3) is 0 Å². The Morgan fingerprint density at radius 1 is 1.19 bits per heavy atom. The zero-order chi connectivity index (χ0) is 19.8. The third-order valence-electron chi connectivity index (χ3n) is 4.88. The quantitative estimate of drug-likeness (QED) is 0.678. The highest BCUT2D eigenvalue weighted by atomic mass is 16.4. The summed E-state index contributed by atoms with van der Waals surface area (Å²) < 4.78 is 0. The molecule has 1 aromatic carbocycles. The van der Waals surface area contributed by atoms with E-state index in [-0.39, 0.29) is 18.6 Å². The lowest BCUT2D eigenvalue weighted by atomic mass is 10.0. The SMILES string of the molecule is CN(C)Cc1ccc(C(=O)N2CCCC(N(CCCCO)C(=O)O)C2)cc1. The van der Waals surface area contributed by atoms with E-state index in [9.17, 15) is 14.7 Å². The van der Waals surface area contributed by atoms with Gasteiger partial charge in [-0.15, -0.1) is 0 Å². The number of hydrogen-bond acceptors (Lipinski definition) is 4. The predicted molar refractivity (Wildman–Crippen MR) is 104 cm³/mol. The van der Waals surface area contributed by atoms with Crippen molar-refractivity contribution in [1.82, 2.24) is 14.7 Å². The van der Waals surface area contributed by atoms with Crippen LogP contribution in [0.3, 0.4) is 0 Å². The Morgan fingerprint density at radius 3 is 2.48 bits per heavy atom. The van der Waals surface area contributed by atoms with Gasteiger partial charge in [-0.2, -0.15) is 0 Å². The Kier molecular flexibility index (Phi) is 8.06. The molecule has 0 aromatic heterocycles. The van der Waals surface area contributed by atoms with Crippen LogP contribution in [-0.4, -0.2) is 83.3 Å². The number of aliphatic hydroxyl groups is 1. The number of nitrogens with zero attached hydrogens (tertiary/aromatic N) is 3. The van der Waals surface area contributed by atoms with Crippen LogP contribution in [0.4, 0.5) is 4.79 Å². The second-order valence-electron chi connectivity index (χ2n) is 7.39. The third-order valence-corrected chi connectivity index (χ3v) is 4.88. The molecule has 2 amide bonds. The summed E-state index contributed by atoms with van der Waals surface area (Å²) in [6.07, 6.45) is 1.80. The summed E-state index contributed by atoms with van der Waals surface area (Å²) >= 11 is 0. The van der Waals surface area contributed by atoms with E-state index < -0.39 is 6.09 Å². The van der Waals surface area contributed by atoms with Gasteiger partial charge in [-0.1, -0.05) is 12.1 Å². The largest absolute Gasteiger partial charge is 0.465 e. The number of aliphatic hydroxyl groups excluding tert-OH is 1. The molecular formula is C20H31N3O4. The lowest BCUT2D eigenvalue weighted by Gasteiger charge is -2.38. The normalized spacial score (nSPS) is 17.2. The van der Waals surface area contributed by atoms with Crippen molar-refractivity contribution in [3.8, 4) is 0 Å². The zero-order valence-corrected chi connectivity index (χ0v) is 16.3. The Hall–Kier alpha value is -2.12. The monoisotopic (exact) mass is 377 g/mol. The molecule has 1 heterocycles. The minimum atomic E-state index is -0.958. The molecule has 1 aromatic rings. The fourth-order valence-corrected chi connectivity index (χ4v) is 3.52. The van der Waals surface area contributed by atoms with Crippen LogP contribution in [0.15, 0.2) is 24.3 Å². The second-order valence-corrected chi connectivity index (χ2v) is 7.39. The van der Waals surface area contributed by atoms with Crippen LogP contribution in [0.2, 0.25) is 0 Å². The number of carboxylic acid groups (broad SMARTS) is 1. The minimum absolute atomic E-state index is 0.0446. The maximum absolute atomic E-state index is 12.8. The van der Waals surface area contributed by atoms with Gasteiger partial charge >= 0.3 is 6.09 Å². The van der Waals surface area contributed by atoms with Gasteiger partial charge in [-0.05, 0) is 57.5 Å². The number of hydrogen-bond donors (Lipinski definition) is 2. The standard InChI is InChI=1S/C20H31N3O4/c1-21(2)14-16-7-9-17(10-8-16)19(25)22-11-5-6-18(15-22)23(20(26)27)12-3-4-13-24/h7-10,18,24H,3-6,11-15H2,1-2H3,(H,26,27). The molecule has 0 aliphatic carbocycles. The molecular weight excluding hydrogens is 346 g/mol. The van der Waals surface area contributed by atoms with Crippen LogP contribution in [0, 0.1) is 0 Å². The number of carbonyl (C=O) groups is 2. The first-order valence-corrected chi connectivity index (χ1v) is 9.55. The summed E-state index contributed by atoms with van der Waals surface area (Å²) in [5.41, 5.74) is 1.79. The van der Waals surface area contributed by atoms with Gasteiger partial charge in [0.05, 0.1) is 6.04 Å². The van der Waals surface area contributed by atoms with Gasteiger partial charge in [0.25, 0.3) is 5.91 Å². The molecule has 7 nitrogen and oxygen atoms in total. The molecule has 0 spiro atoms. The Balaban J connectivity index is 2.01. The second kappa shape index (κ2) is 10.3. The molecule has 1 aliphatic heterocycles. The highest BCUT2D eigenvalue weighted by Crippen LogP contribution is 2.19. The summed E-state index contributed by atoms with van der Waals surface area (Å²) in [6, 6.07) is 7.44. The van der Waals surface area contributed by atoms with Crippen molar-refractivity contribution in [2.75, 3.05) is 40.3 Å². The number of benzene rings is 1. The lowest BCUT2D eigenvalue weighted by molar-refractivity contribution is 0.0556. The maximum atomic E-state index is 12.8. The van der Waals surface area contributed by atoms with Crippen LogP contribution in [-0.2, 0) is 6.54 Å². The molecule has 1 aliphatic rings. The van der Waals surface area contributed by atoms with Gasteiger partial charge in [-0.3, -0.25) is 4.79 Å². The van der Waals surface area contributed by atoms with Gasteiger partial charge in [0.15, 0.2) is 0 Å². The summed E-state index contributed by atoms with van der Waals surface area (Å²) in [6.45, 7) is 2.35. The fourth-order valence-electron chi connectivity index (χ4n) is 3.52. The molecule has 1 saturated heterocycles. The van der Waals surface area contributed by atoms with E-state index >= 15 is 0 Å². The maximum Gasteiger partial charge on any atom is 0.407 e. The molecule has 7 heteroatoms. The number of likely N-dealkylation sites (tertiary alicyclic amines) is 1. The third kappa shape index (κ3) is 6.22. The van der Waals surface area contributed by atoms with Crippen molar-refractivity contribution in [2.45, 2.75) is 38.3 Å². The molecule has 1 fully saturated rings. The van der Waals surface area contributed by atoms with Crippen LogP contribution < -0.4 is 0 Å². The van der Waals surface area contributed by atoms with Gasteiger partial charge in [0, 0.05) is 38.3 Å². The summed E-state index contributed by atoms with van der Waals surface area (Å²) in [5.74, 6) is -0.0446. The van der Waals surface area contributed by atoms with Crippen LogP contribution >= 0.6 is 0 Å². The first-order chi connectivity index (χ1) is 12.9. The van der Waals surface area contributed by atoms with Crippen molar-refractivity contribution < 1.29 is 19.8 Å². The van der Waals surface area contributed by atoms with Crippen molar-refractivity contribution in [2.24, 2.45) is 0 Å². The smallest absolute Gasteiger partial charge is 0.407 e. The summed E-state index contributed by atoms with van der Waals surface area (Å²) in [4.78, 5) is 29.7. The van der Waals surface area contributed by atoms with E-state index in [2.05, 4.69) is 4.90 Å². The first kappa shape index (κ1) is 21.2. The number of unbranched alkanes of at least 4 members (excludes halogenated alkanes) is 1. The van der Waals surface area contributed by atoms with Crippen molar-refractivity contribution in [1.29, 1.82) is 0 Å². The molecule has 27 heavy (non-hydrogen) atoms. The first-order valence-electron chi connectivity index (χ1n) is 9.55. The van der Waals surface area contributed by atoms with E-state index in [1.807, 2.05) is 38.4 Å². The number of piperidine rings is 1. The van der Waals surface area contributed by atoms with Crippen molar-refractivity contribution in [3.05, 3.63) is 35.4 Å². The van der Waals surface area contributed by atoms with E-state index in [0.717, 1.165) is 24.9 Å². The molecule has 1 atom stereocenters. The van der Waals surface area contributed by atoms with Crippen LogP contribution in [0.5, 0.6) is 0 Å². The van der Waals surface area contributed by atoms with E-state index in [0.29, 0.717) is 38.0 Å². The van der Waals surface area contributed by atoms with Crippen molar-refractivity contribution >= 4 is 12.0 Å². The zero-order valence-electron chi connectivity index (χ0n) is 16.3. The van der Waals surface area contributed by atoms with Gasteiger partial charge < -0.3 is 24.9 Å². The topological polar surface area (TPSA) is 84.3 Å². The molecule has 0 saturated carbocycles. The Bertz CT molecular complexity index is 618. The molecule has 1 unspecified atom stereocenters. The van der Waals surface area contributed by atoms with E-state index in [1.165, 1.54) is 4.90 Å². The fraction of sp³-hybridized carbons (Fsp3) is 0.600. The van der Waals surface area contributed by atoms with Gasteiger partial charge in [-0.25, -0.2) is 4.79 Å². The summed E-state index contributed by atoms with van der Waals surface area (Å²) in [7, 11) is 4.00. The molecule has 2 N–H and O–H groups in total. The Morgan fingerprint density at radius 2 is 1.89 bits per heavy atom. The van der Waals surface area contributed by atoms with Gasteiger partial charge in [0.1, 0.15) is 0 Å². The molecule has 0 radical (unpaired) electrons. The predicted octanol–water partition coefficient (Wildman–Crippen LogP) is 2.11. The average molecular weight is 377 g/mol. The van der Waals surface area contributed by atoms with E-state index in [1.54, 1.807) is 4.90 Å². The Labute approximate surface area is 161 Å². The highest BCUT2D eigenvalue weighted by molar-refractivity contribution is 5.94. The molecule has 150 valence electrons. The molecule has 0 bridgehead atoms.